The van der Waals surface area contributed by atoms with Crippen LogP contribution in [0.25, 0.3) is 16.9 Å². The molecule has 7 rings (SSSR count). The Balaban J connectivity index is 1.02. The van der Waals surface area contributed by atoms with E-state index in [2.05, 4.69) is 69.4 Å². The van der Waals surface area contributed by atoms with Gasteiger partial charge in [-0.3, -0.25) is 4.79 Å². The van der Waals surface area contributed by atoms with E-state index in [4.69, 9.17) is 0 Å². The Labute approximate surface area is 240 Å². The number of fused-ring (bicyclic) bond motifs is 4. The van der Waals surface area contributed by atoms with Gasteiger partial charge >= 0.3 is 0 Å². The van der Waals surface area contributed by atoms with Crippen molar-refractivity contribution in [2.24, 2.45) is 0 Å². The molecule has 208 valence electrons. The van der Waals surface area contributed by atoms with Crippen LogP contribution in [-0.2, 0) is 0 Å². The van der Waals surface area contributed by atoms with Crippen molar-refractivity contribution in [3.63, 3.8) is 0 Å². The fourth-order valence-corrected chi connectivity index (χ4v) is 5.32. The predicted octanol–water partition coefficient (Wildman–Crippen LogP) is 1.93. The van der Waals surface area contributed by atoms with Gasteiger partial charge in [0.15, 0.2) is 17.2 Å². The second-order valence-electron chi connectivity index (χ2n) is 9.98. The molecule has 2 unspecified atom stereocenters. The zero-order chi connectivity index (χ0) is 28.6. The summed E-state index contributed by atoms with van der Waals surface area (Å²) in [5, 5.41) is 29.5. The molecule has 0 radical (unpaired) electrons. The number of hydrogen-bond donors (Lipinski definition) is 3. The summed E-state index contributed by atoms with van der Waals surface area (Å²) in [5.41, 5.74) is 3.08. The highest BCUT2D eigenvalue weighted by Crippen LogP contribution is 2.40. The van der Waals surface area contributed by atoms with Crippen LogP contribution in [0.15, 0.2) is 67.1 Å². The molecule has 6 heterocycles. The Morgan fingerprint density at radius 1 is 1.12 bits per heavy atom. The highest BCUT2D eigenvalue weighted by atomic mass is 16.3. The molecule has 1 amide bonds. The van der Waals surface area contributed by atoms with E-state index < -0.39 is 0 Å². The third kappa shape index (κ3) is 4.64. The number of para-hydroxylation sites is 1. The van der Waals surface area contributed by atoms with Crippen molar-refractivity contribution in [1.82, 2.24) is 40.1 Å². The van der Waals surface area contributed by atoms with Crippen molar-refractivity contribution < 1.29 is 9.90 Å². The maximum absolute atomic E-state index is 12.4. The van der Waals surface area contributed by atoms with Gasteiger partial charge in [-0.2, -0.15) is 5.10 Å². The average Bonchev–Trinajstić information content (AvgIpc) is 3.61. The van der Waals surface area contributed by atoms with Crippen molar-refractivity contribution in [1.29, 1.82) is 0 Å². The van der Waals surface area contributed by atoms with E-state index in [0.717, 1.165) is 18.1 Å². The van der Waals surface area contributed by atoms with Gasteiger partial charge in [-0.05, 0) is 43.2 Å². The number of phenolic OH excluding ortho intramolecular Hbond substituents is 1. The Bertz CT molecular complexity index is 1850. The lowest BCUT2D eigenvalue weighted by molar-refractivity contribution is 0.0953. The fraction of sp³-hybridized carbons (Fsp3) is 0.207. The van der Waals surface area contributed by atoms with E-state index in [9.17, 15) is 9.90 Å². The normalized spacial score (nSPS) is 17.2. The minimum atomic E-state index is -0.334. The molecule has 13 heteroatoms. The Morgan fingerprint density at radius 3 is 2.90 bits per heavy atom. The predicted molar refractivity (Wildman–Crippen MR) is 155 cm³/mol. The molecule has 4 aromatic heterocycles. The van der Waals surface area contributed by atoms with Gasteiger partial charge in [0.2, 0.25) is 5.82 Å². The second-order valence-corrected chi connectivity index (χ2v) is 9.98. The first kappa shape index (κ1) is 25.2. The summed E-state index contributed by atoms with van der Waals surface area (Å²) < 4.78 is 1.54. The third-order valence-electron chi connectivity index (χ3n) is 7.20. The number of phenols is 1. The van der Waals surface area contributed by atoms with Gasteiger partial charge in [-0.15, -0.1) is 10.2 Å². The first-order chi connectivity index (χ1) is 20.5. The molecular weight excluding hydrogens is 534 g/mol. The van der Waals surface area contributed by atoms with E-state index in [1.807, 2.05) is 24.3 Å². The monoisotopic (exact) mass is 559 g/mol. The molecule has 2 aliphatic heterocycles. The van der Waals surface area contributed by atoms with E-state index >= 15 is 0 Å². The summed E-state index contributed by atoms with van der Waals surface area (Å²) in [5.74, 6) is 7.54. The first-order valence-electron chi connectivity index (χ1n) is 13.4. The van der Waals surface area contributed by atoms with Gasteiger partial charge in [0.05, 0.1) is 24.5 Å². The standard InChI is InChI=1S/C29H25N11O2/c1-18-16-38(17-27-34-28-22(40(18)27)14-20(35-36-28)19-6-2-3-7-23(19)41)25-9-12-30-24(33-25)8-4-10-32-29(42)21-15-26-31-11-5-13-39(26)37-21/h2-3,5-7,9,11-15,18,27,41H,10,16-17H2,1H3,(H,32,42)(H,34,36). The van der Waals surface area contributed by atoms with E-state index in [-0.39, 0.29) is 36.1 Å². The molecule has 0 spiro atoms. The maximum Gasteiger partial charge on any atom is 0.272 e. The summed E-state index contributed by atoms with van der Waals surface area (Å²) in [6, 6.07) is 14.5. The Kier molecular flexibility index (Phi) is 6.20. The van der Waals surface area contributed by atoms with Crippen LogP contribution in [0, 0.1) is 11.8 Å². The van der Waals surface area contributed by atoms with Crippen LogP contribution in [0.3, 0.4) is 0 Å². The summed E-state index contributed by atoms with van der Waals surface area (Å²) in [6.07, 6.45) is 5.03. The zero-order valence-electron chi connectivity index (χ0n) is 22.5. The maximum atomic E-state index is 12.4. The average molecular weight is 560 g/mol. The number of rotatable bonds is 4. The fourth-order valence-electron chi connectivity index (χ4n) is 5.32. The molecule has 0 aliphatic carbocycles. The van der Waals surface area contributed by atoms with Crippen molar-refractivity contribution in [3.8, 4) is 28.8 Å². The SMILES string of the molecule is CC1CN(c2ccnc(C#CCNC(=O)c3cc4ncccn4n3)n2)CC2Nc3nnc(-c4ccccc4O)cc3N12. The largest absolute Gasteiger partial charge is 0.507 e. The molecule has 0 saturated carbocycles. The van der Waals surface area contributed by atoms with E-state index in [1.165, 1.54) is 0 Å². The van der Waals surface area contributed by atoms with E-state index in [0.29, 0.717) is 35.1 Å². The van der Waals surface area contributed by atoms with Crippen LogP contribution < -0.4 is 20.4 Å². The van der Waals surface area contributed by atoms with Gasteiger partial charge in [-0.25, -0.2) is 19.5 Å². The number of aromatic hydroxyl groups is 1. The molecule has 13 nitrogen and oxygen atoms in total. The number of nitrogens with zero attached hydrogens (tertiary/aromatic N) is 9. The number of hydrogen-bond acceptors (Lipinski definition) is 11. The summed E-state index contributed by atoms with van der Waals surface area (Å²) in [7, 11) is 0. The van der Waals surface area contributed by atoms with E-state index in [1.54, 1.807) is 47.4 Å². The van der Waals surface area contributed by atoms with Crippen LogP contribution in [0.4, 0.5) is 17.3 Å². The molecule has 2 atom stereocenters. The van der Waals surface area contributed by atoms with Gasteiger partial charge < -0.3 is 25.5 Å². The van der Waals surface area contributed by atoms with Crippen molar-refractivity contribution in [3.05, 3.63) is 78.6 Å². The highest BCUT2D eigenvalue weighted by molar-refractivity contribution is 5.93. The summed E-state index contributed by atoms with van der Waals surface area (Å²) in [6.45, 7) is 3.65. The number of carbonyl (C=O) groups is 1. The summed E-state index contributed by atoms with van der Waals surface area (Å²) in [4.78, 5) is 30.1. The molecule has 1 aromatic carbocycles. The molecule has 1 fully saturated rings. The van der Waals surface area contributed by atoms with Crippen molar-refractivity contribution in [2.75, 3.05) is 34.8 Å². The first-order valence-corrected chi connectivity index (χ1v) is 13.4. The lowest BCUT2D eigenvalue weighted by Crippen LogP contribution is -2.58. The lowest BCUT2D eigenvalue weighted by atomic mass is 10.1. The minimum Gasteiger partial charge on any atom is -0.507 e. The van der Waals surface area contributed by atoms with Gasteiger partial charge in [0.25, 0.3) is 5.91 Å². The van der Waals surface area contributed by atoms with Gasteiger partial charge in [0.1, 0.15) is 17.7 Å². The van der Waals surface area contributed by atoms with Gasteiger partial charge in [0, 0.05) is 42.8 Å². The second kappa shape index (κ2) is 10.3. The minimum absolute atomic E-state index is 0.0350. The third-order valence-corrected chi connectivity index (χ3v) is 7.20. The van der Waals surface area contributed by atoms with Gasteiger partial charge in [-0.1, -0.05) is 18.1 Å². The molecule has 42 heavy (non-hydrogen) atoms. The molecule has 2 aliphatic rings. The molecular formula is C29H25N11O2. The molecule has 5 aromatic rings. The van der Waals surface area contributed by atoms with Crippen molar-refractivity contribution in [2.45, 2.75) is 19.1 Å². The summed E-state index contributed by atoms with van der Waals surface area (Å²) >= 11 is 0. The topological polar surface area (TPSA) is 150 Å². The number of piperazine rings is 1. The Hall–Kier alpha value is -5.77. The van der Waals surface area contributed by atoms with Crippen LogP contribution >= 0.6 is 0 Å². The van der Waals surface area contributed by atoms with Crippen LogP contribution in [0.1, 0.15) is 23.2 Å². The quantitative estimate of drug-likeness (QED) is 0.277. The smallest absolute Gasteiger partial charge is 0.272 e. The zero-order valence-corrected chi connectivity index (χ0v) is 22.5. The lowest BCUT2D eigenvalue weighted by Gasteiger charge is -2.43. The Morgan fingerprint density at radius 2 is 2.02 bits per heavy atom. The van der Waals surface area contributed by atoms with Crippen LogP contribution in [0.2, 0.25) is 0 Å². The number of aromatic nitrogens is 7. The van der Waals surface area contributed by atoms with Crippen LogP contribution in [-0.4, -0.2) is 77.6 Å². The number of nitrogens with one attached hydrogen (secondary N) is 2. The molecule has 1 saturated heterocycles. The highest BCUT2D eigenvalue weighted by Gasteiger charge is 2.39. The number of carbonyl (C=O) groups excluding carboxylic acids is 1. The molecule has 0 bridgehead atoms. The number of benzene rings is 1. The molecule has 3 N–H and O–H groups in total. The number of amides is 1. The number of anilines is 3. The van der Waals surface area contributed by atoms with Crippen molar-refractivity contribution >= 4 is 28.9 Å². The van der Waals surface area contributed by atoms with Crippen LogP contribution in [0.5, 0.6) is 5.75 Å².